The van der Waals surface area contributed by atoms with Crippen molar-refractivity contribution in [2.24, 2.45) is 10.9 Å². The van der Waals surface area contributed by atoms with Crippen LogP contribution in [0.25, 0.3) is 0 Å². The lowest BCUT2D eigenvalue weighted by molar-refractivity contribution is -0.143. The molecule has 0 aliphatic carbocycles. The molecule has 0 bridgehead atoms. The molecule has 29 heavy (non-hydrogen) atoms. The predicted octanol–water partition coefficient (Wildman–Crippen LogP) is 4.98. The number of benzene rings is 1. The van der Waals surface area contributed by atoms with E-state index in [4.69, 9.17) is 21.3 Å². The van der Waals surface area contributed by atoms with Crippen molar-refractivity contribution < 1.29 is 13.9 Å². The zero-order chi connectivity index (χ0) is 20.7. The minimum atomic E-state index is -0.676. The number of halogens is 2. The normalized spacial score (nSPS) is 21.4. The Labute approximate surface area is 177 Å². The van der Waals surface area contributed by atoms with Gasteiger partial charge in [-0.2, -0.15) is 0 Å². The van der Waals surface area contributed by atoms with Crippen molar-refractivity contribution in [1.29, 1.82) is 0 Å². The second kappa shape index (κ2) is 7.88. The largest absolute Gasteiger partial charge is 0.459 e. The van der Waals surface area contributed by atoms with Crippen LogP contribution in [0.1, 0.15) is 43.8 Å². The SMILES string of the molecule is CC(C)OC(=O)C1=C2C[C@H](C)CN2C(c2nccs2)=N[C@H]1c1ccc(F)cc1Cl. The van der Waals surface area contributed by atoms with Gasteiger partial charge in [0.15, 0.2) is 10.8 Å². The molecule has 5 nitrogen and oxygen atoms in total. The molecule has 0 unspecified atom stereocenters. The van der Waals surface area contributed by atoms with Gasteiger partial charge in [0, 0.05) is 34.4 Å². The number of amidine groups is 1. The Hall–Kier alpha value is -2.25. The lowest BCUT2D eigenvalue weighted by Gasteiger charge is -2.32. The van der Waals surface area contributed by atoms with E-state index in [1.54, 1.807) is 12.3 Å². The second-order valence-electron chi connectivity index (χ2n) is 7.59. The van der Waals surface area contributed by atoms with Gasteiger partial charge in [0.25, 0.3) is 0 Å². The van der Waals surface area contributed by atoms with Gasteiger partial charge < -0.3 is 9.64 Å². The Morgan fingerprint density at radius 2 is 2.21 bits per heavy atom. The molecule has 0 N–H and O–H groups in total. The number of hydrogen-bond acceptors (Lipinski definition) is 6. The number of allylic oxidation sites excluding steroid dienone is 1. The van der Waals surface area contributed by atoms with Crippen LogP contribution in [0, 0.1) is 11.7 Å². The maximum Gasteiger partial charge on any atom is 0.338 e. The lowest BCUT2D eigenvalue weighted by atomic mass is 9.94. The van der Waals surface area contributed by atoms with E-state index in [9.17, 15) is 9.18 Å². The number of aromatic nitrogens is 1. The summed E-state index contributed by atoms with van der Waals surface area (Å²) in [7, 11) is 0. The third-order valence-electron chi connectivity index (χ3n) is 4.90. The molecule has 0 amide bonds. The maximum atomic E-state index is 13.7. The molecule has 1 aromatic heterocycles. The van der Waals surface area contributed by atoms with Gasteiger partial charge in [0.1, 0.15) is 11.9 Å². The fourth-order valence-electron chi connectivity index (χ4n) is 3.77. The zero-order valence-electron chi connectivity index (χ0n) is 16.4. The first kappa shape index (κ1) is 20.0. The minimum absolute atomic E-state index is 0.229. The Bertz CT molecular complexity index is 1000. The van der Waals surface area contributed by atoms with E-state index in [2.05, 4.69) is 16.8 Å². The molecule has 2 atom stereocenters. The Kier molecular flexibility index (Phi) is 5.44. The van der Waals surface area contributed by atoms with Crippen molar-refractivity contribution >= 4 is 34.7 Å². The highest BCUT2D eigenvalue weighted by atomic mass is 35.5. The number of rotatable bonds is 4. The first-order valence-corrected chi connectivity index (χ1v) is 10.7. The molecule has 1 saturated heterocycles. The van der Waals surface area contributed by atoms with Crippen molar-refractivity contribution in [2.75, 3.05) is 6.54 Å². The van der Waals surface area contributed by atoms with E-state index in [0.29, 0.717) is 22.9 Å². The summed E-state index contributed by atoms with van der Waals surface area (Å²) in [6.07, 6.45) is 2.19. The number of thiazole rings is 1. The number of esters is 1. The number of carbonyl (C=O) groups is 1. The van der Waals surface area contributed by atoms with Crippen molar-refractivity contribution in [2.45, 2.75) is 39.3 Å². The Morgan fingerprint density at radius 1 is 1.41 bits per heavy atom. The van der Waals surface area contributed by atoms with Gasteiger partial charge in [-0.15, -0.1) is 11.3 Å². The van der Waals surface area contributed by atoms with Crippen LogP contribution in [0.2, 0.25) is 5.02 Å². The Morgan fingerprint density at radius 3 is 2.86 bits per heavy atom. The van der Waals surface area contributed by atoms with Crippen LogP contribution in [0.4, 0.5) is 4.39 Å². The van der Waals surface area contributed by atoms with Crippen molar-refractivity contribution in [1.82, 2.24) is 9.88 Å². The van der Waals surface area contributed by atoms with Gasteiger partial charge >= 0.3 is 5.97 Å². The predicted molar refractivity (Wildman–Crippen MR) is 112 cm³/mol. The van der Waals surface area contributed by atoms with E-state index in [1.165, 1.54) is 23.5 Å². The molecule has 2 aromatic rings. The maximum absolute atomic E-state index is 13.7. The number of aliphatic imine (C=N–C) groups is 1. The summed E-state index contributed by atoms with van der Waals surface area (Å²) in [5.74, 6) is 0.209. The van der Waals surface area contributed by atoms with Gasteiger partial charge in [-0.1, -0.05) is 24.6 Å². The van der Waals surface area contributed by atoms with Crippen LogP contribution in [0.3, 0.4) is 0 Å². The molecule has 2 aliphatic rings. The lowest BCUT2D eigenvalue weighted by Crippen LogP contribution is -2.35. The fraction of sp³-hybridized carbons (Fsp3) is 0.381. The fourth-order valence-corrected chi connectivity index (χ4v) is 4.68. The summed E-state index contributed by atoms with van der Waals surface area (Å²) in [6, 6.07) is 3.49. The second-order valence-corrected chi connectivity index (χ2v) is 8.89. The molecule has 2 aliphatic heterocycles. The average Bonchev–Trinajstić information content (AvgIpc) is 3.28. The van der Waals surface area contributed by atoms with Crippen LogP contribution in [0.15, 0.2) is 46.0 Å². The quantitative estimate of drug-likeness (QED) is 0.638. The topological polar surface area (TPSA) is 54.8 Å². The summed E-state index contributed by atoms with van der Waals surface area (Å²) >= 11 is 7.86. The molecule has 152 valence electrons. The van der Waals surface area contributed by atoms with Crippen LogP contribution in [-0.4, -0.2) is 34.3 Å². The molecular formula is C21H21ClFN3O2S. The highest BCUT2D eigenvalue weighted by Crippen LogP contribution is 2.43. The zero-order valence-corrected chi connectivity index (χ0v) is 17.9. The van der Waals surface area contributed by atoms with Crippen molar-refractivity contribution in [3.8, 4) is 0 Å². The molecule has 1 fully saturated rings. The Balaban J connectivity index is 1.90. The average molecular weight is 434 g/mol. The monoisotopic (exact) mass is 433 g/mol. The molecule has 0 spiro atoms. The number of hydrogen-bond donors (Lipinski definition) is 0. The highest BCUT2D eigenvalue weighted by molar-refractivity contribution is 7.11. The third-order valence-corrected chi connectivity index (χ3v) is 5.99. The highest BCUT2D eigenvalue weighted by Gasteiger charge is 2.41. The van der Waals surface area contributed by atoms with E-state index in [-0.39, 0.29) is 11.1 Å². The number of fused-ring (bicyclic) bond motifs is 1. The van der Waals surface area contributed by atoms with Gasteiger partial charge in [0.2, 0.25) is 0 Å². The molecule has 4 rings (SSSR count). The van der Waals surface area contributed by atoms with Crippen molar-refractivity contribution in [3.05, 3.63) is 62.5 Å². The molecule has 0 saturated carbocycles. The summed E-state index contributed by atoms with van der Waals surface area (Å²) < 4.78 is 19.2. The van der Waals surface area contributed by atoms with Gasteiger partial charge in [0.05, 0.1) is 11.7 Å². The smallest absolute Gasteiger partial charge is 0.338 e. The van der Waals surface area contributed by atoms with Gasteiger partial charge in [-0.3, -0.25) is 4.99 Å². The molecule has 1 aromatic carbocycles. The number of nitrogens with zero attached hydrogens (tertiary/aromatic N) is 3. The summed E-state index contributed by atoms with van der Waals surface area (Å²) in [5.41, 5.74) is 1.93. The van der Waals surface area contributed by atoms with Crippen LogP contribution in [-0.2, 0) is 9.53 Å². The molecule has 8 heteroatoms. The first-order chi connectivity index (χ1) is 13.8. The van der Waals surface area contributed by atoms with Crippen molar-refractivity contribution in [3.63, 3.8) is 0 Å². The van der Waals surface area contributed by atoms with E-state index in [0.717, 1.165) is 23.7 Å². The summed E-state index contributed by atoms with van der Waals surface area (Å²) in [5, 5.41) is 2.90. The summed E-state index contributed by atoms with van der Waals surface area (Å²) in [4.78, 5) is 24.5. The molecular weight excluding hydrogens is 413 g/mol. The van der Waals surface area contributed by atoms with E-state index >= 15 is 0 Å². The van der Waals surface area contributed by atoms with E-state index < -0.39 is 17.8 Å². The van der Waals surface area contributed by atoms with Crippen LogP contribution < -0.4 is 0 Å². The first-order valence-electron chi connectivity index (χ1n) is 9.49. The number of carbonyl (C=O) groups excluding carboxylic acids is 1. The standard InChI is InChI=1S/C21H21ClFN3O2S/c1-11(2)28-21(27)17-16-8-12(3)10-26(16)19(20-24-6-7-29-20)25-18(17)14-5-4-13(23)9-15(14)22/h4-7,9,11-12,18H,8,10H2,1-3H3/t12-,18-/m0/s1. The number of ether oxygens (including phenoxy) is 1. The van der Waals surface area contributed by atoms with Crippen LogP contribution >= 0.6 is 22.9 Å². The third kappa shape index (κ3) is 3.81. The molecule has 0 radical (unpaired) electrons. The van der Waals surface area contributed by atoms with Gasteiger partial charge in [-0.05, 0) is 38.3 Å². The van der Waals surface area contributed by atoms with Gasteiger partial charge in [-0.25, -0.2) is 14.2 Å². The summed E-state index contributed by atoms with van der Waals surface area (Å²) in [6.45, 7) is 6.50. The van der Waals surface area contributed by atoms with Crippen LogP contribution in [0.5, 0.6) is 0 Å². The van der Waals surface area contributed by atoms with E-state index in [1.807, 2.05) is 19.2 Å². The molecule has 3 heterocycles. The minimum Gasteiger partial charge on any atom is -0.459 e.